The van der Waals surface area contributed by atoms with E-state index in [2.05, 4.69) is 15.6 Å². The summed E-state index contributed by atoms with van der Waals surface area (Å²) in [7, 11) is 0. The zero-order chi connectivity index (χ0) is 22.9. The van der Waals surface area contributed by atoms with Crippen LogP contribution in [0, 0.1) is 5.82 Å². The van der Waals surface area contributed by atoms with Crippen LogP contribution in [0.25, 0.3) is 5.57 Å². The van der Waals surface area contributed by atoms with Crippen LogP contribution >= 0.6 is 11.6 Å². The fraction of sp³-hybridized carbons (Fsp3) is 0.409. The van der Waals surface area contributed by atoms with Crippen molar-refractivity contribution >= 4 is 29.0 Å². The van der Waals surface area contributed by atoms with Gasteiger partial charge in [-0.1, -0.05) is 17.7 Å². The van der Waals surface area contributed by atoms with Crippen LogP contribution in [-0.2, 0) is 4.79 Å². The zero-order valence-electron chi connectivity index (χ0n) is 17.4. The number of carbonyl (C=O) groups excluding carboxylic acids is 2. The lowest BCUT2D eigenvalue weighted by Crippen LogP contribution is -2.43. The quantitative estimate of drug-likeness (QED) is 0.582. The van der Waals surface area contributed by atoms with Crippen molar-refractivity contribution in [3.05, 3.63) is 53.0 Å². The molecule has 10 heteroatoms. The van der Waals surface area contributed by atoms with Crippen LogP contribution in [0.5, 0.6) is 5.75 Å². The molecular weight excluding hydrogens is 441 g/mol. The molecule has 1 heterocycles. The van der Waals surface area contributed by atoms with E-state index in [1.54, 1.807) is 0 Å². The van der Waals surface area contributed by atoms with Crippen LogP contribution in [0.3, 0.4) is 0 Å². The number of nitrogens with zero attached hydrogens (tertiary/aromatic N) is 1. The predicted molar refractivity (Wildman–Crippen MR) is 114 cm³/mol. The van der Waals surface area contributed by atoms with Crippen LogP contribution < -0.4 is 15.4 Å². The Hall–Kier alpha value is -2.91. The Bertz CT molecular complexity index is 1070. The summed E-state index contributed by atoms with van der Waals surface area (Å²) in [5.74, 6) is -0.793. The van der Waals surface area contributed by atoms with E-state index in [4.69, 9.17) is 20.8 Å². The number of aromatic nitrogens is 1. The molecule has 1 aromatic heterocycles. The second-order valence-corrected chi connectivity index (χ2v) is 8.65. The molecule has 3 unspecified atom stereocenters. The molecule has 0 saturated heterocycles. The third-order valence-electron chi connectivity index (χ3n) is 5.62. The second kappa shape index (κ2) is 8.91. The first kappa shape index (κ1) is 22.3. The second-order valence-electron chi connectivity index (χ2n) is 8.25. The third kappa shape index (κ3) is 5.11. The summed E-state index contributed by atoms with van der Waals surface area (Å²) in [5.41, 5.74) is 0.248. The molecule has 2 aliphatic carbocycles. The number of carbonyl (C=O) groups is 2. The molecule has 170 valence electrons. The number of hydrogen-bond acceptors (Lipinski definition) is 6. The molecule has 0 aliphatic heterocycles. The number of halogens is 2. The summed E-state index contributed by atoms with van der Waals surface area (Å²) in [4.78, 5) is 28.9. The van der Waals surface area contributed by atoms with Crippen molar-refractivity contribution in [2.24, 2.45) is 0 Å². The molecule has 1 aromatic carbocycles. The van der Waals surface area contributed by atoms with Gasteiger partial charge < -0.3 is 24.9 Å². The van der Waals surface area contributed by atoms with E-state index in [0.717, 1.165) is 11.6 Å². The summed E-state index contributed by atoms with van der Waals surface area (Å²) >= 11 is 5.62. The Balaban J connectivity index is 1.26. The summed E-state index contributed by atoms with van der Waals surface area (Å²) in [6.07, 6.45) is 5.24. The Kier molecular flexibility index (Phi) is 6.21. The van der Waals surface area contributed by atoms with Crippen molar-refractivity contribution in [2.75, 3.05) is 6.61 Å². The Morgan fingerprint density at radius 2 is 2.25 bits per heavy atom. The standard InChI is InChI=1S/C22H23ClFN3O5/c1-22(9-18(22)26-19(29)11-31-14-6-7-15(23)16(24)8-14)27-20(30)17-10-25-21(32-17)12-2-4-13(28)5-3-12/h2,6-8,10,13,18,28H,3-5,9,11H2,1H3,(H,26,29)(H,27,30). The average Bonchev–Trinajstić information content (AvgIpc) is 3.14. The number of nitrogens with one attached hydrogen (secondary N) is 2. The number of amides is 2. The van der Waals surface area contributed by atoms with Crippen LogP contribution in [0.15, 0.2) is 34.9 Å². The zero-order valence-corrected chi connectivity index (χ0v) is 18.1. The van der Waals surface area contributed by atoms with Gasteiger partial charge in [0.15, 0.2) is 6.61 Å². The van der Waals surface area contributed by atoms with E-state index in [-0.39, 0.29) is 35.3 Å². The highest BCUT2D eigenvalue weighted by Crippen LogP contribution is 2.36. The number of aliphatic hydroxyl groups is 1. The normalized spacial score (nSPS) is 24.4. The smallest absolute Gasteiger partial charge is 0.289 e. The molecule has 32 heavy (non-hydrogen) atoms. The lowest BCUT2D eigenvalue weighted by molar-refractivity contribution is -0.123. The van der Waals surface area contributed by atoms with Crippen LogP contribution in [0.2, 0.25) is 5.02 Å². The van der Waals surface area contributed by atoms with Gasteiger partial charge in [0.05, 0.1) is 28.9 Å². The third-order valence-corrected chi connectivity index (χ3v) is 5.93. The summed E-state index contributed by atoms with van der Waals surface area (Å²) < 4.78 is 24.3. The Morgan fingerprint density at radius 3 is 2.97 bits per heavy atom. The number of ether oxygens (including phenoxy) is 1. The van der Waals surface area contributed by atoms with Gasteiger partial charge in [-0.2, -0.15) is 0 Å². The molecule has 3 atom stereocenters. The van der Waals surface area contributed by atoms with Crippen molar-refractivity contribution in [2.45, 2.75) is 50.3 Å². The van der Waals surface area contributed by atoms with Crippen molar-refractivity contribution in [3.8, 4) is 5.75 Å². The Labute approximate surface area is 188 Å². The molecule has 0 radical (unpaired) electrons. The first-order valence-electron chi connectivity index (χ1n) is 10.3. The van der Waals surface area contributed by atoms with Crippen molar-refractivity contribution < 1.29 is 28.2 Å². The predicted octanol–water partition coefficient (Wildman–Crippen LogP) is 2.85. The highest BCUT2D eigenvalue weighted by Gasteiger charge is 2.52. The van der Waals surface area contributed by atoms with Gasteiger partial charge in [-0.15, -0.1) is 0 Å². The molecule has 1 saturated carbocycles. The van der Waals surface area contributed by atoms with Gasteiger partial charge in [0, 0.05) is 11.6 Å². The fourth-order valence-corrected chi connectivity index (χ4v) is 3.65. The molecule has 2 amide bonds. The lowest BCUT2D eigenvalue weighted by Gasteiger charge is -2.15. The van der Waals surface area contributed by atoms with Crippen molar-refractivity contribution in [1.82, 2.24) is 15.6 Å². The van der Waals surface area contributed by atoms with Crippen LogP contribution in [-0.4, -0.2) is 46.2 Å². The number of oxazole rings is 1. The van der Waals surface area contributed by atoms with E-state index in [1.165, 1.54) is 18.3 Å². The first-order chi connectivity index (χ1) is 15.2. The first-order valence-corrected chi connectivity index (χ1v) is 10.6. The van der Waals surface area contributed by atoms with Gasteiger partial charge in [0.1, 0.15) is 11.6 Å². The number of rotatable bonds is 7. The number of aliphatic hydroxyl groups excluding tert-OH is 1. The van der Waals surface area contributed by atoms with Gasteiger partial charge in [-0.05, 0) is 44.7 Å². The van der Waals surface area contributed by atoms with E-state index < -0.39 is 23.2 Å². The lowest BCUT2D eigenvalue weighted by atomic mass is 9.97. The van der Waals surface area contributed by atoms with Gasteiger partial charge >= 0.3 is 0 Å². The largest absolute Gasteiger partial charge is 0.484 e. The molecule has 1 fully saturated rings. The molecule has 4 rings (SSSR count). The average molecular weight is 464 g/mol. The van der Waals surface area contributed by atoms with Gasteiger partial charge in [0.25, 0.3) is 11.8 Å². The van der Waals surface area contributed by atoms with E-state index >= 15 is 0 Å². The summed E-state index contributed by atoms with van der Waals surface area (Å²) in [5, 5.41) is 15.2. The minimum Gasteiger partial charge on any atom is -0.484 e. The minimum atomic E-state index is -0.630. The minimum absolute atomic E-state index is 0.0283. The van der Waals surface area contributed by atoms with E-state index in [0.29, 0.717) is 31.6 Å². The maximum atomic E-state index is 13.4. The number of hydrogen-bond donors (Lipinski definition) is 3. The van der Waals surface area contributed by atoms with Crippen LogP contribution in [0.1, 0.15) is 49.1 Å². The molecular formula is C22H23ClFN3O5. The fourth-order valence-electron chi connectivity index (χ4n) is 3.53. The van der Waals surface area contributed by atoms with Gasteiger partial charge in [-0.25, -0.2) is 9.37 Å². The maximum Gasteiger partial charge on any atom is 0.289 e. The SMILES string of the molecule is CC1(NC(=O)c2cnc(C3=CCC(O)CC3)o2)CC1NC(=O)COc1ccc(Cl)c(F)c1. The summed E-state index contributed by atoms with van der Waals surface area (Å²) in [6.45, 7) is 1.52. The van der Waals surface area contributed by atoms with E-state index in [1.807, 2.05) is 13.0 Å². The topological polar surface area (TPSA) is 114 Å². The highest BCUT2D eigenvalue weighted by atomic mass is 35.5. The molecule has 0 spiro atoms. The molecule has 2 aliphatic rings. The van der Waals surface area contributed by atoms with Gasteiger partial charge in [-0.3, -0.25) is 9.59 Å². The van der Waals surface area contributed by atoms with E-state index in [9.17, 15) is 19.1 Å². The van der Waals surface area contributed by atoms with Crippen molar-refractivity contribution in [3.63, 3.8) is 0 Å². The number of benzene rings is 1. The monoisotopic (exact) mass is 463 g/mol. The van der Waals surface area contributed by atoms with Gasteiger partial charge in [0.2, 0.25) is 11.7 Å². The molecule has 3 N–H and O–H groups in total. The highest BCUT2D eigenvalue weighted by molar-refractivity contribution is 6.30. The molecule has 0 bridgehead atoms. The molecule has 2 aromatic rings. The summed E-state index contributed by atoms with van der Waals surface area (Å²) in [6, 6.07) is 3.65. The van der Waals surface area contributed by atoms with Crippen LogP contribution in [0.4, 0.5) is 4.39 Å². The van der Waals surface area contributed by atoms with Crippen molar-refractivity contribution in [1.29, 1.82) is 0 Å². The molecule has 8 nitrogen and oxygen atoms in total. The number of allylic oxidation sites excluding steroid dienone is 1. The maximum absolute atomic E-state index is 13.4. The Morgan fingerprint density at radius 1 is 1.44 bits per heavy atom.